The Morgan fingerprint density at radius 1 is 0.811 bits per heavy atom. The van der Waals surface area contributed by atoms with Crippen molar-refractivity contribution in [3.63, 3.8) is 0 Å². The van der Waals surface area contributed by atoms with Gasteiger partial charge in [0.15, 0.2) is 5.82 Å². The summed E-state index contributed by atoms with van der Waals surface area (Å²) < 4.78 is 16.4. The van der Waals surface area contributed by atoms with E-state index in [1.165, 1.54) is 0 Å². The zero-order valence-corrected chi connectivity index (χ0v) is 20.2. The minimum Gasteiger partial charge on any atom is -0.508 e. The average molecular weight is 502 g/mol. The van der Waals surface area contributed by atoms with Crippen LogP contribution in [0, 0.1) is 5.82 Å². The normalized spacial score (nSPS) is 25.5. The molecule has 3 saturated heterocycles. The number of phenols is 1. The van der Waals surface area contributed by atoms with Gasteiger partial charge in [-0.3, -0.25) is 0 Å². The van der Waals surface area contributed by atoms with Crippen LogP contribution < -0.4 is 15.1 Å². The summed E-state index contributed by atoms with van der Waals surface area (Å²) in [6.07, 6.45) is 0.384. The molecule has 2 unspecified atom stereocenters. The first-order valence-electron chi connectivity index (χ1n) is 12.8. The quantitative estimate of drug-likeness (QED) is 0.340. The van der Waals surface area contributed by atoms with Crippen LogP contribution in [0.1, 0.15) is 12.8 Å². The Morgan fingerprint density at radius 2 is 1.54 bits per heavy atom. The maximum absolute atomic E-state index is 16.4. The number of aromatic nitrogens is 2. The highest BCUT2D eigenvalue weighted by molar-refractivity contribution is 6.01. The van der Waals surface area contributed by atoms with E-state index < -0.39 is 18.0 Å². The van der Waals surface area contributed by atoms with Crippen LogP contribution in [-0.2, 0) is 0 Å². The molecule has 9 heteroatoms. The number of fused-ring (bicyclic) bond motifs is 4. The molecule has 190 valence electrons. The summed E-state index contributed by atoms with van der Waals surface area (Å²) in [7, 11) is 0. The van der Waals surface area contributed by atoms with Crippen LogP contribution in [0.2, 0.25) is 0 Å². The standard InChI is InChI=1S/C28H28FN5O3/c29-25-20(22-10-18(35)9-15-3-1-2-4-19(15)22)7-8-21-26(25)31-28(34-13-23(36)24(37)14-34)32-27(21)33-11-16-5-6-17(12-33)30-16/h1-4,7-10,16-17,23-24,30,35-37H,5-6,11-14H2/t16?,17?,23-,24-/m1/s1. The topological polar surface area (TPSA) is 105 Å². The average Bonchev–Trinajstić information content (AvgIpc) is 3.42. The van der Waals surface area contributed by atoms with E-state index in [2.05, 4.69) is 15.2 Å². The molecule has 37 heavy (non-hydrogen) atoms. The van der Waals surface area contributed by atoms with Crippen molar-refractivity contribution in [3.8, 4) is 16.9 Å². The molecule has 4 atom stereocenters. The number of nitrogens with zero attached hydrogens (tertiary/aromatic N) is 4. The molecule has 0 radical (unpaired) electrons. The molecular weight excluding hydrogens is 473 g/mol. The lowest BCUT2D eigenvalue weighted by Gasteiger charge is -2.34. The van der Waals surface area contributed by atoms with Crippen LogP contribution in [0.5, 0.6) is 5.75 Å². The third-order valence-corrected chi connectivity index (χ3v) is 7.97. The highest BCUT2D eigenvalue weighted by Gasteiger charge is 2.36. The second-order valence-corrected chi connectivity index (χ2v) is 10.5. The fraction of sp³-hybridized carbons (Fsp3) is 0.357. The molecule has 0 spiro atoms. The van der Waals surface area contributed by atoms with E-state index in [9.17, 15) is 15.3 Å². The van der Waals surface area contributed by atoms with E-state index >= 15 is 4.39 Å². The number of aromatic hydroxyl groups is 1. The molecule has 0 aliphatic carbocycles. The number of anilines is 2. The van der Waals surface area contributed by atoms with Gasteiger partial charge in [-0.1, -0.05) is 30.3 Å². The Balaban J connectivity index is 1.43. The number of aliphatic hydroxyl groups is 2. The van der Waals surface area contributed by atoms with Crippen molar-refractivity contribution in [1.82, 2.24) is 15.3 Å². The number of hydrogen-bond acceptors (Lipinski definition) is 8. The lowest BCUT2D eigenvalue weighted by atomic mass is 9.96. The Hall–Kier alpha value is -3.53. The van der Waals surface area contributed by atoms with E-state index in [0.29, 0.717) is 40.4 Å². The number of rotatable bonds is 3. The Bertz CT molecular complexity index is 1510. The van der Waals surface area contributed by atoms with E-state index in [-0.39, 0.29) is 24.4 Å². The van der Waals surface area contributed by atoms with Crippen LogP contribution >= 0.6 is 0 Å². The summed E-state index contributed by atoms with van der Waals surface area (Å²) in [5.41, 5.74) is 1.12. The predicted molar refractivity (Wildman–Crippen MR) is 140 cm³/mol. The molecule has 3 aromatic carbocycles. The molecule has 3 fully saturated rings. The van der Waals surface area contributed by atoms with Crippen molar-refractivity contribution in [2.75, 3.05) is 36.0 Å². The van der Waals surface area contributed by atoms with Crippen LogP contribution in [-0.4, -0.2) is 75.8 Å². The number of benzene rings is 3. The van der Waals surface area contributed by atoms with Gasteiger partial charge in [0.2, 0.25) is 5.95 Å². The Morgan fingerprint density at radius 3 is 2.30 bits per heavy atom. The number of halogens is 1. The third kappa shape index (κ3) is 3.77. The van der Waals surface area contributed by atoms with Gasteiger partial charge in [-0.25, -0.2) is 9.37 Å². The lowest BCUT2D eigenvalue weighted by molar-refractivity contribution is 0.0572. The van der Waals surface area contributed by atoms with Crippen LogP contribution in [0.4, 0.5) is 16.2 Å². The number of aliphatic hydroxyl groups excluding tert-OH is 2. The summed E-state index contributed by atoms with van der Waals surface area (Å²) >= 11 is 0. The van der Waals surface area contributed by atoms with Crippen LogP contribution in [0.25, 0.3) is 32.8 Å². The first kappa shape index (κ1) is 22.7. The Kier molecular flexibility index (Phi) is 5.21. The fourth-order valence-electron chi connectivity index (χ4n) is 6.15. The molecule has 3 aliphatic heterocycles. The predicted octanol–water partition coefficient (Wildman–Crippen LogP) is 2.78. The van der Waals surface area contributed by atoms with Crippen molar-refractivity contribution in [1.29, 1.82) is 0 Å². The number of piperazine rings is 1. The molecule has 0 amide bonds. The Labute approximate surface area is 213 Å². The first-order chi connectivity index (χ1) is 17.9. The van der Waals surface area contributed by atoms with E-state index in [1.54, 1.807) is 23.1 Å². The molecule has 2 bridgehead atoms. The SMILES string of the molecule is Oc1cc(-c2ccc3c(N4CC5CCC(C4)N5)nc(N4C[C@@H](O)[C@H](O)C4)nc3c2F)c2ccccc2c1. The lowest BCUT2D eigenvalue weighted by Crippen LogP contribution is -2.51. The van der Waals surface area contributed by atoms with Gasteiger partial charge in [0.05, 0.1) is 12.2 Å². The number of nitrogens with one attached hydrogen (secondary N) is 1. The van der Waals surface area contributed by atoms with E-state index in [0.717, 1.165) is 36.7 Å². The van der Waals surface area contributed by atoms with Crippen LogP contribution in [0.3, 0.4) is 0 Å². The first-order valence-corrected chi connectivity index (χ1v) is 12.8. The fourth-order valence-corrected chi connectivity index (χ4v) is 6.15. The van der Waals surface area contributed by atoms with Gasteiger partial charge < -0.3 is 30.4 Å². The molecule has 4 aromatic rings. The second kappa shape index (κ2) is 8.51. The van der Waals surface area contributed by atoms with Crippen LogP contribution in [0.15, 0.2) is 48.5 Å². The highest BCUT2D eigenvalue weighted by atomic mass is 19.1. The van der Waals surface area contributed by atoms with Gasteiger partial charge in [0.1, 0.15) is 17.1 Å². The molecule has 1 aromatic heterocycles. The van der Waals surface area contributed by atoms with Gasteiger partial charge in [-0.15, -0.1) is 0 Å². The van der Waals surface area contributed by atoms with Crippen molar-refractivity contribution in [2.45, 2.75) is 37.1 Å². The summed E-state index contributed by atoms with van der Waals surface area (Å²) in [6, 6.07) is 15.2. The number of hydrogen-bond donors (Lipinski definition) is 4. The summed E-state index contributed by atoms with van der Waals surface area (Å²) in [5, 5.41) is 36.6. The minimum absolute atomic E-state index is 0.0635. The summed E-state index contributed by atoms with van der Waals surface area (Å²) in [4.78, 5) is 13.4. The molecule has 3 aliphatic rings. The second-order valence-electron chi connectivity index (χ2n) is 10.5. The van der Waals surface area contributed by atoms with Gasteiger partial charge in [-0.2, -0.15) is 4.98 Å². The monoisotopic (exact) mass is 501 g/mol. The van der Waals surface area contributed by atoms with Crippen molar-refractivity contribution in [2.24, 2.45) is 0 Å². The van der Waals surface area contributed by atoms with Gasteiger partial charge >= 0.3 is 0 Å². The zero-order valence-electron chi connectivity index (χ0n) is 20.2. The van der Waals surface area contributed by atoms with Crippen molar-refractivity contribution in [3.05, 3.63) is 54.3 Å². The number of β-amino-alcohol motifs (C(OH)–C–C–N with tert-alkyl or cyclic N) is 2. The van der Waals surface area contributed by atoms with Gasteiger partial charge in [0.25, 0.3) is 0 Å². The molecule has 0 saturated carbocycles. The van der Waals surface area contributed by atoms with Crippen molar-refractivity contribution < 1.29 is 19.7 Å². The minimum atomic E-state index is -0.910. The molecule has 7 rings (SSSR count). The van der Waals surface area contributed by atoms with Gasteiger partial charge in [-0.05, 0) is 47.4 Å². The largest absolute Gasteiger partial charge is 0.508 e. The highest BCUT2D eigenvalue weighted by Crippen LogP contribution is 2.39. The summed E-state index contributed by atoms with van der Waals surface area (Å²) in [6.45, 7) is 1.90. The third-order valence-electron chi connectivity index (χ3n) is 7.97. The maximum atomic E-state index is 16.4. The molecule has 4 heterocycles. The molecule has 8 nitrogen and oxygen atoms in total. The van der Waals surface area contributed by atoms with E-state index in [4.69, 9.17) is 4.98 Å². The van der Waals surface area contributed by atoms with E-state index in [1.807, 2.05) is 30.3 Å². The number of phenolic OH excluding ortho intramolecular Hbond substituents is 1. The smallest absolute Gasteiger partial charge is 0.228 e. The molecular formula is C28H28FN5O3. The maximum Gasteiger partial charge on any atom is 0.228 e. The molecule has 4 N–H and O–H groups in total. The van der Waals surface area contributed by atoms with Crippen molar-refractivity contribution >= 4 is 33.4 Å². The summed E-state index contributed by atoms with van der Waals surface area (Å²) in [5.74, 6) is 0.534. The van der Waals surface area contributed by atoms with Gasteiger partial charge in [0, 0.05) is 49.2 Å². The zero-order chi connectivity index (χ0) is 25.3.